The van der Waals surface area contributed by atoms with Crippen molar-refractivity contribution in [3.05, 3.63) is 35.5 Å². The van der Waals surface area contributed by atoms with Crippen LogP contribution in [0.5, 0.6) is 0 Å². The molecule has 0 unspecified atom stereocenters. The summed E-state index contributed by atoms with van der Waals surface area (Å²) in [6, 6.07) is 0. The fourth-order valence-electron chi connectivity index (χ4n) is 6.86. The van der Waals surface area contributed by atoms with Gasteiger partial charge in [-0.25, -0.2) is 0 Å². The Morgan fingerprint density at radius 1 is 1.23 bits per heavy atom. The van der Waals surface area contributed by atoms with Gasteiger partial charge in [-0.2, -0.15) is 0 Å². The monoisotopic (exact) mass is 432 g/mol. The van der Waals surface area contributed by atoms with Gasteiger partial charge in [0.2, 0.25) is 0 Å². The number of hydrogen-bond acceptors (Lipinski definition) is 4. The van der Waals surface area contributed by atoms with E-state index in [0.717, 1.165) is 25.7 Å². The number of aliphatic hydroxyl groups excluding tert-OH is 3. The summed E-state index contributed by atoms with van der Waals surface area (Å²) in [6.45, 7) is 10.2. The Kier molecular flexibility index (Phi) is 7.89. The van der Waals surface area contributed by atoms with E-state index in [1.165, 1.54) is 36.8 Å². The molecule has 4 N–H and O–H groups in total. The Labute approximate surface area is 188 Å². The summed E-state index contributed by atoms with van der Waals surface area (Å²) < 4.78 is 0. The zero-order valence-corrected chi connectivity index (χ0v) is 19.8. The molecular weight excluding hydrogens is 388 g/mol. The third-order valence-corrected chi connectivity index (χ3v) is 8.57. The van der Waals surface area contributed by atoms with Crippen molar-refractivity contribution in [2.45, 2.75) is 103 Å². The van der Waals surface area contributed by atoms with E-state index < -0.39 is 11.7 Å². The molecule has 3 aliphatic carbocycles. The van der Waals surface area contributed by atoms with E-state index in [2.05, 4.69) is 32.6 Å². The van der Waals surface area contributed by atoms with Crippen molar-refractivity contribution in [3.8, 4) is 0 Å². The summed E-state index contributed by atoms with van der Waals surface area (Å²) in [5.41, 5.74) is 2.97. The Bertz CT molecular complexity index is 706. The first-order valence-corrected chi connectivity index (χ1v) is 12.3. The molecule has 31 heavy (non-hydrogen) atoms. The van der Waals surface area contributed by atoms with Crippen LogP contribution in [0.15, 0.2) is 35.5 Å². The predicted molar refractivity (Wildman–Crippen MR) is 125 cm³/mol. The summed E-state index contributed by atoms with van der Waals surface area (Å²) in [5, 5.41) is 40.0. The van der Waals surface area contributed by atoms with Crippen LogP contribution in [0.3, 0.4) is 0 Å². The second kappa shape index (κ2) is 9.91. The van der Waals surface area contributed by atoms with Crippen molar-refractivity contribution in [2.75, 3.05) is 6.61 Å². The highest BCUT2D eigenvalue weighted by Crippen LogP contribution is 2.60. The molecule has 0 aromatic carbocycles. The molecule has 176 valence electrons. The van der Waals surface area contributed by atoms with Gasteiger partial charge >= 0.3 is 0 Å². The lowest BCUT2D eigenvalue weighted by molar-refractivity contribution is -0.0439. The van der Waals surface area contributed by atoms with Crippen LogP contribution in [0.2, 0.25) is 0 Å². The second-order valence-corrected chi connectivity index (χ2v) is 11.3. The molecule has 0 saturated heterocycles. The van der Waals surface area contributed by atoms with Crippen LogP contribution >= 0.6 is 0 Å². The van der Waals surface area contributed by atoms with Crippen LogP contribution in [-0.4, -0.2) is 44.8 Å². The quantitative estimate of drug-likeness (QED) is 0.471. The maximum absolute atomic E-state index is 10.5. The number of hydrogen-bond donors (Lipinski definition) is 4. The van der Waals surface area contributed by atoms with E-state index in [-0.39, 0.29) is 24.5 Å². The first kappa shape index (κ1) is 24.7. The maximum atomic E-state index is 10.5. The van der Waals surface area contributed by atoms with Crippen molar-refractivity contribution >= 4 is 0 Å². The highest BCUT2D eigenvalue weighted by atomic mass is 16.3. The van der Waals surface area contributed by atoms with Gasteiger partial charge in [0, 0.05) is 6.42 Å². The minimum absolute atomic E-state index is 0.217. The van der Waals surface area contributed by atoms with Gasteiger partial charge in [-0.3, -0.25) is 0 Å². The summed E-state index contributed by atoms with van der Waals surface area (Å²) in [5.74, 6) is 1.53. The number of rotatable bonds is 7. The zero-order chi connectivity index (χ0) is 22.8. The van der Waals surface area contributed by atoms with Gasteiger partial charge in [0.1, 0.15) is 0 Å². The normalized spacial score (nSPS) is 38.2. The summed E-state index contributed by atoms with van der Waals surface area (Å²) >= 11 is 0. The highest BCUT2D eigenvalue weighted by Gasteiger charge is 2.50. The Morgan fingerprint density at radius 2 is 1.97 bits per heavy atom. The average Bonchev–Trinajstić information content (AvgIpc) is 3.05. The molecule has 0 spiro atoms. The Hall–Kier alpha value is -0.940. The van der Waals surface area contributed by atoms with Gasteiger partial charge in [-0.15, -0.1) is 0 Å². The third kappa shape index (κ3) is 5.71. The molecule has 0 aromatic rings. The first-order valence-electron chi connectivity index (χ1n) is 12.3. The van der Waals surface area contributed by atoms with Crippen molar-refractivity contribution in [3.63, 3.8) is 0 Å². The molecule has 0 amide bonds. The van der Waals surface area contributed by atoms with E-state index in [1.54, 1.807) is 12.5 Å². The molecule has 4 heteroatoms. The molecule has 3 aliphatic rings. The van der Waals surface area contributed by atoms with Gasteiger partial charge in [-0.05, 0) is 93.5 Å². The standard InChI is InChI=1S/C27H44O4/c1-18-7-10-22(29)15-21(18)9-8-20-6-5-13-27(4)24(11-12-25(20)27)19(2)14-23(30)16-26(3,31)17-28/h8-9,19,22-25,28-31H,1,5-7,10-17H2,2-4H3/b20-8+,21-9-/t19-,22+,23+,24-,25+,26-,27-/m1/s1. The molecular formula is C27H44O4. The van der Waals surface area contributed by atoms with Gasteiger partial charge in [0.05, 0.1) is 24.4 Å². The van der Waals surface area contributed by atoms with Crippen molar-refractivity contribution in [2.24, 2.45) is 23.2 Å². The van der Waals surface area contributed by atoms with E-state index in [0.29, 0.717) is 24.2 Å². The predicted octanol–water partition coefficient (Wildman–Crippen LogP) is 4.68. The molecule has 0 bridgehead atoms. The van der Waals surface area contributed by atoms with Crippen LogP contribution in [0.25, 0.3) is 0 Å². The summed E-state index contributed by atoms with van der Waals surface area (Å²) in [4.78, 5) is 0. The molecule has 3 rings (SSSR count). The van der Waals surface area contributed by atoms with Gasteiger partial charge in [-0.1, -0.05) is 43.7 Å². The third-order valence-electron chi connectivity index (χ3n) is 8.57. The SMILES string of the molecule is C=C1CC[C@H](O)C/C1=C/C=C1\CCC[C@]2(C)[C@@H]([C@H](C)C[C@H](O)C[C@@](C)(O)CO)CC[C@@H]12. The van der Waals surface area contributed by atoms with Crippen molar-refractivity contribution in [1.82, 2.24) is 0 Å². The minimum Gasteiger partial charge on any atom is -0.393 e. The molecule has 0 radical (unpaired) electrons. The smallest absolute Gasteiger partial charge is 0.0874 e. The molecule has 7 atom stereocenters. The van der Waals surface area contributed by atoms with Crippen LogP contribution in [0, 0.1) is 23.2 Å². The lowest BCUT2D eigenvalue weighted by Crippen LogP contribution is -2.38. The molecule has 3 fully saturated rings. The van der Waals surface area contributed by atoms with Gasteiger partial charge in [0.15, 0.2) is 0 Å². The molecule has 0 aliphatic heterocycles. The molecule has 3 saturated carbocycles. The summed E-state index contributed by atoms with van der Waals surface area (Å²) in [6.07, 6.45) is 13.0. The van der Waals surface area contributed by atoms with E-state index in [1.807, 2.05) is 0 Å². The number of allylic oxidation sites excluding steroid dienone is 4. The Balaban J connectivity index is 1.70. The van der Waals surface area contributed by atoms with Crippen LogP contribution < -0.4 is 0 Å². The van der Waals surface area contributed by atoms with Gasteiger partial charge in [0.25, 0.3) is 0 Å². The lowest BCUT2D eigenvalue weighted by Gasteiger charge is -2.44. The average molecular weight is 433 g/mol. The molecule has 4 nitrogen and oxygen atoms in total. The van der Waals surface area contributed by atoms with Gasteiger partial charge < -0.3 is 20.4 Å². The van der Waals surface area contributed by atoms with Crippen molar-refractivity contribution < 1.29 is 20.4 Å². The maximum Gasteiger partial charge on any atom is 0.0874 e. The van der Waals surface area contributed by atoms with E-state index in [4.69, 9.17) is 0 Å². The second-order valence-electron chi connectivity index (χ2n) is 11.3. The fraction of sp³-hybridized carbons (Fsp3) is 0.778. The minimum atomic E-state index is -1.22. The molecule has 0 heterocycles. The molecule has 0 aromatic heterocycles. The van der Waals surface area contributed by atoms with Crippen LogP contribution in [0.1, 0.15) is 85.0 Å². The van der Waals surface area contributed by atoms with Crippen LogP contribution in [-0.2, 0) is 0 Å². The lowest BCUT2D eigenvalue weighted by atomic mass is 9.60. The zero-order valence-electron chi connectivity index (χ0n) is 19.8. The topological polar surface area (TPSA) is 80.9 Å². The first-order chi connectivity index (χ1) is 14.6. The number of fused-ring (bicyclic) bond motifs is 1. The Morgan fingerprint density at radius 3 is 2.68 bits per heavy atom. The highest BCUT2D eigenvalue weighted by molar-refractivity contribution is 5.36. The number of aliphatic hydroxyl groups is 4. The van der Waals surface area contributed by atoms with E-state index >= 15 is 0 Å². The fourth-order valence-corrected chi connectivity index (χ4v) is 6.86. The largest absolute Gasteiger partial charge is 0.393 e. The summed E-state index contributed by atoms with van der Waals surface area (Å²) in [7, 11) is 0. The van der Waals surface area contributed by atoms with Crippen molar-refractivity contribution in [1.29, 1.82) is 0 Å². The van der Waals surface area contributed by atoms with E-state index in [9.17, 15) is 20.4 Å². The van der Waals surface area contributed by atoms with Crippen LogP contribution in [0.4, 0.5) is 0 Å².